The molecule has 3 aromatic rings. The first-order chi connectivity index (χ1) is 14.0. The number of nitrogens with one attached hydrogen (secondary N) is 3. The fraction of sp³-hybridized carbons (Fsp3) is 0.167. The Morgan fingerprint density at radius 3 is 2.07 bits per heavy atom. The van der Waals surface area contributed by atoms with Gasteiger partial charge in [0.05, 0.1) is 6.42 Å². The van der Waals surface area contributed by atoms with Gasteiger partial charge in [-0.05, 0) is 42.3 Å². The van der Waals surface area contributed by atoms with Crippen molar-refractivity contribution >= 4 is 23.2 Å². The fourth-order valence-electron chi connectivity index (χ4n) is 2.96. The third kappa shape index (κ3) is 5.69. The highest BCUT2D eigenvalue weighted by molar-refractivity contribution is 5.97. The van der Waals surface area contributed by atoms with E-state index in [0.29, 0.717) is 6.42 Å². The zero-order valence-electron chi connectivity index (χ0n) is 16.6. The number of likely N-dealkylation sites (N-methyl/N-ethyl adjacent to an activating group) is 1. The molecule has 0 aliphatic heterocycles. The van der Waals surface area contributed by atoms with Gasteiger partial charge in [-0.1, -0.05) is 60.2 Å². The van der Waals surface area contributed by atoms with Crippen molar-refractivity contribution in [3.05, 3.63) is 95.6 Å². The maximum Gasteiger partial charge on any atom is 0.251 e. The molecule has 0 aliphatic carbocycles. The monoisotopic (exact) mass is 387 g/mol. The normalized spacial score (nSPS) is 11.4. The molecule has 1 unspecified atom stereocenters. The summed E-state index contributed by atoms with van der Waals surface area (Å²) in [4.78, 5) is 24.6. The number of aryl methyl sites for hydroxylation is 1. The van der Waals surface area contributed by atoms with E-state index in [1.807, 2.05) is 85.8 Å². The quantitative estimate of drug-likeness (QED) is 0.572. The molecule has 29 heavy (non-hydrogen) atoms. The minimum Gasteiger partial charge on any atom is -0.370 e. The molecule has 0 bridgehead atoms. The molecule has 0 spiro atoms. The second-order valence-electron chi connectivity index (χ2n) is 6.89. The van der Waals surface area contributed by atoms with Crippen LogP contribution < -0.4 is 16.0 Å². The van der Waals surface area contributed by atoms with E-state index in [2.05, 4.69) is 16.0 Å². The van der Waals surface area contributed by atoms with Crippen LogP contribution >= 0.6 is 0 Å². The number of carbonyl (C=O) groups excluding carboxylic acids is 2. The second kappa shape index (κ2) is 9.55. The van der Waals surface area contributed by atoms with Crippen LogP contribution in [-0.4, -0.2) is 18.9 Å². The van der Waals surface area contributed by atoms with Crippen LogP contribution in [0.25, 0.3) is 0 Å². The lowest BCUT2D eigenvalue weighted by atomic mass is 10.0. The molecular weight excluding hydrogens is 362 g/mol. The van der Waals surface area contributed by atoms with Crippen molar-refractivity contribution in [2.45, 2.75) is 19.4 Å². The van der Waals surface area contributed by atoms with Crippen LogP contribution in [0.5, 0.6) is 0 Å². The maximum atomic E-state index is 13.0. The Hall–Kier alpha value is -3.60. The first-order valence-corrected chi connectivity index (χ1v) is 9.53. The molecule has 5 heteroatoms. The molecule has 0 heterocycles. The molecule has 3 N–H and O–H groups in total. The molecular formula is C24H25N3O2. The summed E-state index contributed by atoms with van der Waals surface area (Å²) in [6, 6.07) is 24.3. The van der Waals surface area contributed by atoms with Crippen molar-refractivity contribution in [2.75, 3.05) is 17.7 Å². The Morgan fingerprint density at radius 2 is 1.45 bits per heavy atom. The predicted molar refractivity (Wildman–Crippen MR) is 117 cm³/mol. The summed E-state index contributed by atoms with van der Waals surface area (Å²) >= 11 is 0. The molecule has 0 saturated heterocycles. The van der Waals surface area contributed by atoms with Crippen molar-refractivity contribution in [3.63, 3.8) is 0 Å². The summed E-state index contributed by atoms with van der Waals surface area (Å²) in [6.45, 7) is 2.01. The Labute approximate surface area is 171 Å². The van der Waals surface area contributed by atoms with Crippen molar-refractivity contribution in [1.82, 2.24) is 5.32 Å². The molecule has 2 amide bonds. The van der Waals surface area contributed by atoms with Crippen LogP contribution in [0, 0.1) is 6.92 Å². The minimum absolute atomic E-state index is 0.0367. The van der Waals surface area contributed by atoms with Gasteiger partial charge in [-0.15, -0.1) is 0 Å². The number of rotatable bonds is 7. The number of carbonyl (C=O) groups is 2. The molecule has 3 rings (SSSR count). The number of benzene rings is 3. The second-order valence-corrected chi connectivity index (χ2v) is 6.89. The molecule has 5 nitrogen and oxygen atoms in total. The number of hydrogen-bond donors (Lipinski definition) is 3. The predicted octanol–water partition coefficient (Wildman–Crippen LogP) is 4.08. The van der Waals surface area contributed by atoms with Gasteiger partial charge in [-0.25, -0.2) is 0 Å². The molecule has 0 aliphatic rings. The summed E-state index contributed by atoms with van der Waals surface area (Å²) in [5.74, 6) is -0.181. The van der Waals surface area contributed by atoms with Crippen LogP contribution in [0.4, 0.5) is 11.4 Å². The van der Waals surface area contributed by atoms with E-state index < -0.39 is 6.04 Å². The van der Waals surface area contributed by atoms with E-state index in [1.165, 1.54) is 0 Å². The van der Waals surface area contributed by atoms with E-state index in [-0.39, 0.29) is 11.8 Å². The van der Waals surface area contributed by atoms with Gasteiger partial charge in [0, 0.05) is 18.4 Å². The highest BCUT2D eigenvalue weighted by Gasteiger charge is 2.20. The van der Waals surface area contributed by atoms with Gasteiger partial charge in [0.25, 0.3) is 5.91 Å². The summed E-state index contributed by atoms with van der Waals surface area (Å²) in [6.07, 6.45) is 0.326. The summed E-state index contributed by atoms with van der Waals surface area (Å²) in [5, 5.41) is 8.90. The van der Waals surface area contributed by atoms with Crippen LogP contribution in [0.2, 0.25) is 0 Å². The number of anilines is 2. The topological polar surface area (TPSA) is 70.2 Å². The Bertz CT molecular complexity index is 952. The third-order valence-corrected chi connectivity index (χ3v) is 4.62. The molecule has 0 saturated carbocycles. The zero-order chi connectivity index (χ0) is 20.6. The van der Waals surface area contributed by atoms with Crippen molar-refractivity contribution in [1.29, 1.82) is 0 Å². The highest BCUT2D eigenvalue weighted by Crippen LogP contribution is 2.22. The smallest absolute Gasteiger partial charge is 0.251 e. The lowest BCUT2D eigenvalue weighted by Gasteiger charge is -2.20. The lowest BCUT2D eigenvalue weighted by Crippen LogP contribution is -2.27. The highest BCUT2D eigenvalue weighted by atomic mass is 16.2. The maximum absolute atomic E-state index is 13.0. The SMILES string of the molecule is CNC(=O)Cc1ccc(NC(C(=O)Nc2ccc(C)cc2)c2ccccc2)cc1. The first kappa shape index (κ1) is 20.1. The summed E-state index contributed by atoms with van der Waals surface area (Å²) in [7, 11) is 1.62. The first-order valence-electron chi connectivity index (χ1n) is 9.53. The van der Waals surface area contributed by atoms with E-state index in [1.54, 1.807) is 7.05 Å². The van der Waals surface area contributed by atoms with Gasteiger partial charge in [0.1, 0.15) is 6.04 Å². The van der Waals surface area contributed by atoms with Crippen molar-refractivity contribution < 1.29 is 9.59 Å². The van der Waals surface area contributed by atoms with E-state index >= 15 is 0 Å². The van der Waals surface area contributed by atoms with Crippen LogP contribution in [0.3, 0.4) is 0 Å². The van der Waals surface area contributed by atoms with Gasteiger partial charge < -0.3 is 16.0 Å². The van der Waals surface area contributed by atoms with Gasteiger partial charge in [0.15, 0.2) is 0 Å². The van der Waals surface area contributed by atoms with Crippen molar-refractivity contribution in [3.8, 4) is 0 Å². The molecule has 1 atom stereocenters. The summed E-state index contributed by atoms with van der Waals surface area (Å²) in [5.41, 5.74) is 4.47. The number of amides is 2. The van der Waals surface area contributed by atoms with Crippen molar-refractivity contribution in [2.24, 2.45) is 0 Å². The van der Waals surface area contributed by atoms with Gasteiger partial charge >= 0.3 is 0 Å². The average Bonchev–Trinajstić information content (AvgIpc) is 2.75. The number of hydrogen-bond acceptors (Lipinski definition) is 3. The zero-order valence-corrected chi connectivity index (χ0v) is 16.6. The Morgan fingerprint density at radius 1 is 0.828 bits per heavy atom. The lowest BCUT2D eigenvalue weighted by molar-refractivity contribution is -0.120. The molecule has 0 fully saturated rings. The van der Waals surface area contributed by atoms with Crippen LogP contribution in [0.1, 0.15) is 22.7 Å². The molecule has 0 aromatic heterocycles. The van der Waals surface area contributed by atoms with Crippen LogP contribution in [-0.2, 0) is 16.0 Å². The average molecular weight is 387 g/mol. The summed E-state index contributed by atoms with van der Waals surface area (Å²) < 4.78 is 0. The third-order valence-electron chi connectivity index (χ3n) is 4.62. The van der Waals surface area contributed by atoms with E-state index in [4.69, 9.17) is 0 Å². The fourth-order valence-corrected chi connectivity index (χ4v) is 2.96. The molecule has 3 aromatic carbocycles. The van der Waals surface area contributed by atoms with E-state index in [0.717, 1.165) is 28.1 Å². The van der Waals surface area contributed by atoms with Gasteiger partial charge in [0.2, 0.25) is 5.91 Å². The van der Waals surface area contributed by atoms with Gasteiger partial charge in [-0.2, -0.15) is 0 Å². The molecule has 0 radical (unpaired) electrons. The Balaban J connectivity index is 1.78. The standard InChI is InChI=1S/C24H25N3O2/c1-17-8-12-21(13-9-17)27-24(29)23(19-6-4-3-5-7-19)26-20-14-10-18(11-15-20)16-22(28)25-2/h3-15,23,26H,16H2,1-2H3,(H,25,28)(H,27,29). The Kier molecular flexibility index (Phi) is 6.63. The van der Waals surface area contributed by atoms with Gasteiger partial charge in [-0.3, -0.25) is 9.59 Å². The minimum atomic E-state index is -0.553. The molecule has 148 valence electrons. The van der Waals surface area contributed by atoms with Crippen LogP contribution in [0.15, 0.2) is 78.9 Å². The van der Waals surface area contributed by atoms with E-state index in [9.17, 15) is 9.59 Å². The largest absolute Gasteiger partial charge is 0.370 e.